The summed E-state index contributed by atoms with van der Waals surface area (Å²) >= 11 is 6.19. The molecule has 0 fully saturated rings. The monoisotopic (exact) mass is 599 g/mol. The maximum absolute atomic E-state index is 6.45. The smallest absolute Gasteiger partial charge is 0.164 e. The summed E-state index contributed by atoms with van der Waals surface area (Å²) in [6.07, 6.45) is 0. The zero-order valence-electron chi connectivity index (χ0n) is 23.7. The molecule has 0 aliphatic carbocycles. The molecule has 0 radical (unpaired) electrons. The van der Waals surface area contributed by atoms with Crippen LogP contribution in [0, 0.1) is 0 Å². The molecule has 3 aromatic heterocycles. The number of halogens is 1. The van der Waals surface area contributed by atoms with Gasteiger partial charge in [0.15, 0.2) is 17.5 Å². The molecule has 0 atom stereocenters. The predicted molar refractivity (Wildman–Crippen MR) is 181 cm³/mol. The third-order valence-electron chi connectivity index (χ3n) is 8.20. The van der Waals surface area contributed by atoms with Crippen molar-refractivity contribution in [3.8, 4) is 45.3 Å². The molecule has 0 N–H and O–H groups in total. The Hall–Kier alpha value is -5.78. The molecule has 0 saturated carbocycles. The zero-order chi connectivity index (χ0) is 29.9. The van der Waals surface area contributed by atoms with E-state index < -0.39 is 0 Å². The lowest BCUT2D eigenvalue weighted by Gasteiger charge is -2.08. The fourth-order valence-electron chi connectivity index (χ4n) is 5.96. The van der Waals surface area contributed by atoms with E-state index in [0.29, 0.717) is 22.5 Å². The van der Waals surface area contributed by atoms with Crippen LogP contribution in [0.5, 0.6) is 0 Å². The van der Waals surface area contributed by atoms with Crippen LogP contribution in [0.25, 0.3) is 89.2 Å². The number of nitrogens with zero attached hydrogens (tertiary/aromatic N) is 3. The topological polar surface area (TPSA) is 65.0 Å². The molecule has 5 nitrogen and oxygen atoms in total. The van der Waals surface area contributed by atoms with E-state index in [1.807, 2.05) is 91.0 Å². The molecule has 0 spiro atoms. The molecule has 9 aromatic rings. The summed E-state index contributed by atoms with van der Waals surface area (Å²) in [5.74, 6) is 1.84. The summed E-state index contributed by atoms with van der Waals surface area (Å²) in [5.41, 5.74) is 7.98. The van der Waals surface area contributed by atoms with Gasteiger partial charge < -0.3 is 8.83 Å². The molecular weight excluding hydrogens is 578 g/mol. The highest BCUT2D eigenvalue weighted by molar-refractivity contribution is 6.31. The number of rotatable bonds is 4. The van der Waals surface area contributed by atoms with Crippen molar-refractivity contribution in [2.24, 2.45) is 0 Å². The highest BCUT2D eigenvalue weighted by Crippen LogP contribution is 2.37. The summed E-state index contributed by atoms with van der Waals surface area (Å²) in [6, 6.07) is 44.4. The summed E-state index contributed by atoms with van der Waals surface area (Å²) in [7, 11) is 0. The number of benzene rings is 6. The number of furan rings is 2. The Bertz CT molecular complexity index is 2500. The van der Waals surface area contributed by atoms with Crippen molar-refractivity contribution in [3.63, 3.8) is 0 Å². The maximum Gasteiger partial charge on any atom is 0.164 e. The maximum atomic E-state index is 6.45. The van der Waals surface area contributed by atoms with E-state index in [-0.39, 0.29) is 0 Å². The molecule has 9 rings (SSSR count). The molecule has 6 heteroatoms. The molecule has 0 bridgehead atoms. The average molecular weight is 600 g/mol. The van der Waals surface area contributed by atoms with Gasteiger partial charge in [-0.15, -0.1) is 0 Å². The largest absolute Gasteiger partial charge is 0.456 e. The van der Waals surface area contributed by atoms with Crippen LogP contribution >= 0.6 is 11.6 Å². The van der Waals surface area contributed by atoms with Gasteiger partial charge >= 0.3 is 0 Å². The molecule has 45 heavy (non-hydrogen) atoms. The van der Waals surface area contributed by atoms with Gasteiger partial charge in [0.2, 0.25) is 0 Å². The quantitative estimate of drug-likeness (QED) is 0.201. The number of fused-ring (bicyclic) bond motifs is 6. The second-order valence-electron chi connectivity index (χ2n) is 11.0. The Morgan fingerprint density at radius 3 is 1.22 bits per heavy atom. The fraction of sp³-hybridized carbons (Fsp3) is 0. The van der Waals surface area contributed by atoms with E-state index >= 15 is 0 Å². The lowest BCUT2D eigenvalue weighted by atomic mass is 10.0. The van der Waals surface area contributed by atoms with Gasteiger partial charge in [0.05, 0.1) is 0 Å². The van der Waals surface area contributed by atoms with Crippen molar-refractivity contribution >= 4 is 55.5 Å². The minimum Gasteiger partial charge on any atom is -0.456 e. The van der Waals surface area contributed by atoms with Crippen LogP contribution in [0.4, 0.5) is 0 Å². The van der Waals surface area contributed by atoms with Crippen molar-refractivity contribution in [1.82, 2.24) is 15.0 Å². The van der Waals surface area contributed by atoms with Gasteiger partial charge in [-0.2, -0.15) is 0 Å². The van der Waals surface area contributed by atoms with Crippen molar-refractivity contribution < 1.29 is 8.83 Å². The summed E-state index contributed by atoms with van der Waals surface area (Å²) in [5, 5.41) is 4.85. The first-order chi connectivity index (χ1) is 22.2. The van der Waals surface area contributed by atoms with Gasteiger partial charge in [-0.3, -0.25) is 0 Å². The number of aromatic nitrogens is 3. The summed E-state index contributed by atoms with van der Waals surface area (Å²) < 4.78 is 12.6. The van der Waals surface area contributed by atoms with Crippen LogP contribution in [0.3, 0.4) is 0 Å². The van der Waals surface area contributed by atoms with E-state index in [0.717, 1.165) is 71.7 Å². The van der Waals surface area contributed by atoms with Gasteiger partial charge in [0.1, 0.15) is 22.3 Å². The lowest BCUT2D eigenvalue weighted by Crippen LogP contribution is -2.00. The van der Waals surface area contributed by atoms with Gasteiger partial charge in [0, 0.05) is 49.3 Å². The Balaban J connectivity index is 1.13. The Morgan fingerprint density at radius 2 is 0.733 bits per heavy atom. The van der Waals surface area contributed by atoms with Gasteiger partial charge in [0.25, 0.3) is 0 Å². The average Bonchev–Trinajstić information content (AvgIpc) is 3.65. The second kappa shape index (κ2) is 10.2. The van der Waals surface area contributed by atoms with Crippen molar-refractivity contribution in [2.45, 2.75) is 0 Å². The van der Waals surface area contributed by atoms with Crippen LogP contribution in [-0.2, 0) is 0 Å². The first-order valence-corrected chi connectivity index (χ1v) is 15.0. The second-order valence-corrected chi connectivity index (χ2v) is 11.5. The molecule has 6 aromatic carbocycles. The van der Waals surface area contributed by atoms with E-state index in [1.165, 1.54) is 0 Å². The Morgan fingerprint density at radius 1 is 0.356 bits per heavy atom. The molecule has 3 heterocycles. The lowest BCUT2D eigenvalue weighted by molar-refractivity contribution is 0.668. The number of hydrogen-bond acceptors (Lipinski definition) is 5. The summed E-state index contributed by atoms with van der Waals surface area (Å²) in [6.45, 7) is 0. The van der Waals surface area contributed by atoms with Crippen LogP contribution in [0.2, 0.25) is 5.02 Å². The fourth-order valence-corrected chi connectivity index (χ4v) is 6.13. The molecule has 0 amide bonds. The molecule has 0 aliphatic heterocycles. The standard InChI is InChI=1S/C39H22ClN3O2/c40-28-14-18-32-30-16-12-26(20-34(30)45-36(32)22-28)25-11-15-29-31-17-13-27(21-35(31)44-33(29)19-25)39-42-37(23-7-3-1-4-8-23)41-38(43-39)24-9-5-2-6-10-24/h1-22H. The Kier molecular flexibility index (Phi) is 5.80. The highest BCUT2D eigenvalue weighted by atomic mass is 35.5. The number of hydrogen-bond donors (Lipinski definition) is 0. The van der Waals surface area contributed by atoms with Crippen molar-refractivity contribution in [2.75, 3.05) is 0 Å². The van der Waals surface area contributed by atoms with Crippen LogP contribution in [0.15, 0.2) is 142 Å². The highest BCUT2D eigenvalue weighted by Gasteiger charge is 2.16. The van der Waals surface area contributed by atoms with Crippen LogP contribution < -0.4 is 0 Å². The van der Waals surface area contributed by atoms with E-state index in [2.05, 4.69) is 42.5 Å². The molecule has 0 aliphatic rings. The van der Waals surface area contributed by atoms with Gasteiger partial charge in [-0.1, -0.05) is 90.5 Å². The SMILES string of the molecule is Clc1ccc2c(c1)oc1cc(-c3ccc4c(c3)oc3cc(-c5nc(-c6ccccc6)nc(-c6ccccc6)n5)ccc34)ccc12. The predicted octanol–water partition coefficient (Wildman–Crippen LogP) is 11.0. The first kappa shape index (κ1) is 25.7. The van der Waals surface area contributed by atoms with E-state index in [9.17, 15) is 0 Å². The molecule has 212 valence electrons. The first-order valence-electron chi connectivity index (χ1n) is 14.6. The minimum absolute atomic E-state index is 0.589. The normalized spacial score (nSPS) is 11.7. The summed E-state index contributed by atoms with van der Waals surface area (Å²) in [4.78, 5) is 14.6. The molecular formula is C39H22ClN3O2. The Labute approximate surface area is 262 Å². The van der Waals surface area contributed by atoms with Gasteiger partial charge in [-0.05, 0) is 59.7 Å². The molecule has 0 unspecified atom stereocenters. The molecule has 0 saturated heterocycles. The van der Waals surface area contributed by atoms with Crippen LogP contribution in [-0.4, -0.2) is 15.0 Å². The van der Waals surface area contributed by atoms with E-state index in [4.69, 9.17) is 35.4 Å². The van der Waals surface area contributed by atoms with Crippen LogP contribution in [0.1, 0.15) is 0 Å². The minimum atomic E-state index is 0.589. The van der Waals surface area contributed by atoms with Gasteiger partial charge in [-0.25, -0.2) is 15.0 Å². The third-order valence-corrected chi connectivity index (χ3v) is 8.43. The third kappa shape index (κ3) is 4.44. The van der Waals surface area contributed by atoms with Crippen molar-refractivity contribution in [3.05, 3.63) is 138 Å². The van der Waals surface area contributed by atoms with E-state index in [1.54, 1.807) is 0 Å². The van der Waals surface area contributed by atoms with Crippen molar-refractivity contribution in [1.29, 1.82) is 0 Å². The zero-order valence-corrected chi connectivity index (χ0v) is 24.5.